The highest BCUT2D eigenvalue weighted by Crippen LogP contribution is 2.39. The molecule has 8 atom stereocenters. The molecule has 17 nitrogen and oxygen atoms in total. The molecule has 8 N–H and O–H groups in total. The van der Waals surface area contributed by atoms with Gasteiger partial charge in [-0.2, -0.15) is 0 Å². The third kappa shape index (κ3) is 14.9. The number of aliphatic hydroxyl groups is 2. The monoisotopic (exact) mass is 1130 g/mol. The number of aliphatic hydroxyl groups excluding tert-OH is 2. The van der Waals surface area contributed by atoms with Gasteiger partial charge in [-0.25, -0.2) is 4.39 Å². The van der Waals surface area contributed by atoms with Crippen LogP contribution in [0.25, 0.3) is 0 Å². The summed E-state index contributed by atoms with van der Waals surface area (Å²) in [5, 5.41) is 54.3. The normalized spacial score (nSPS) is 18.5. The molecule has 6 aromatic carbocycles. The number of rotatable bonds is 20. The number of ether oxygens (including phenoxy) is 1. The van der Waals surface area contributed by atoms with Crippen LogP contribution in [0.15, 0.2) is 164 Å². The number of likely N-dealkylation sites (tertiary alicyclic amines) is 2. The van der Waals surface area contributed by atoms with E-state index in [1.54, 1.807) is 70.2 Å². The fourth-order valence-electron chi connectivity index (χ4n) is 10.9. The van der Waals surface area contributed by atoms with E-state index in [9.17, 15) is 53.6 Å². The first-order valence-electron chi connectivity index (χ1n) is 27.5. The lowest BCUT2D eigenvalue weighted by molar-refractivity contribution is -0.148. The van der Waals surface area contributed by atoms with Crippen LogP contribution in [-0.4, -0.2) is 135 Å². The van der Waals surface area contributed by atoms with Gasteiger partial charge in [0, 0.05) is 72.4 Å². The van der Waals surface area contributed by atoms with Gasteiger partial charge < -0.3 is 56.2 Å². The van der Waals surface area contributed by atoms with E-state index >= 15 is 0 Å². The number of phenols is 2. The lowest BCUT2D eigenvalue weighted by Gasteiger charge is -2.34. The number of aromatic hydroxyl groups is 2. The predicted molar refractivity (Wildman–Crippen MR) is 311 cm³/mol. The average Bonchev–Trinajstić information content (AvgIpc) is 3.75. The van der Waals surface area contributed by atoms with Gasteiger partial charge in [0.05, 0.1) is 18.2 Å². The second-order valence-corrected chi connectivity index (χ2v) is 21.4. The Hall–Kier alpha value is -8.71. The molecule has 0 aromatic heterocycles. The molecule has 6 aromatic rings. The number of halogens is 1. The van der Waals surface area contributed by atoms with Crippen molar-refractivity contribution < 1.29 is 58.3 Å². The summed E-state index contributed by atoms with van der Waals surface area (Å²) in [5.41, 5.74) is 3.13. The number of carbonyl (C=O) groups is 6. The summed E-state index contributed by atoms with van der Waals surface area (Å²) in [6.45, 7) is 10.9. The quantitative estimate of drug-likeness (QED) is 0.0400. The third-order valence-corrected chi connectivity index (χ3v) is 15.6. The van der Waals surface area contributed by atoms with Gasteiger partial charge in [-0.05, 0) is 80.1 Å². The SMILES string of the molecule is C=CCNC(=O)[C@@H]1[C@@H](c2ccccc2)CCN1C(=O)[C@@H](O)[C@H](Cc1ccccc1)NC(=O)c1cccc(O)c1C.CO[C@@H]1CN(C(=O)[C@@H](O)[C@H](Cc2ccccc2)NC(=O)c2cccc(O)c2C)[C@H](C(=O)NCc2ccccc2F)C1(C)C. The molecule has 436 valence electrons. The van der Waals surface area contributed by atoms with Gasteiger partial charge in [-0.1, -0.05) is 141 Å². The first kappa shape index (κ1) is 61.9. The van der Waals surface area contributed by atoms with Crippen molar-refractivity contribution in [2.24, 2.45) is 5.41 Å². The smallest absolute Gasteiger partial charge is 0.254 e. The molecule has 2 aliphatic heterocycles. The van der Waals surface area contributed by atoms with Gasteiger partial charge >= 0.3 is 0 Å². The van der Waals surface area contributed by atoms with Gasteiger partial charge in [0.2, 0.25) is 11.8 Å². The van der Waals surface area contributed by atoms with Crippen LogP contribution in [0.3, 0.4) is 0 Å². The van der Waals surface area contributed by atoms with Crippen molar-refractivity contribution in [1.29, 1.82) is 0 Å². The summed E-state index contributed by atoms with van der Waals surface area (Å²) in [4.78, 5) is 84.0. The van der Waals surface area contributed by atoms with Gasteiger partial charge in [0.15, 0.2) is 12.2 Å². The minimum atomic E-state index is -1.73. The largest absolute Gasteiger partial charge is 0.508 e. The molecule has 18 heteroatoms. The van der Waals surface area contributed by atoms with E-state index in [0.29, 0.717) is 23.1 Å². The number of nitrogens with zero attached hydrogens (tertiary/aromatic N) is 2. The summed E-state index contributed by atoms with van der Waals surface area (Å²) >= 11 is 0. The number of carbonyl (C=O) groups excluding carboxylic acids is 6. The Labute approximate surface area is 483 Å². The Bertz CT molecular complexity index is 3240. The van der Waals surface area contributed by atoms with E-state index in [4.69, 9.17) is 4.74 Å². The van der Waals surface area contributed by atoms with E-state index in [-0.39, 0.29) is 73.5 Å². The molecule has 0 aliphatic carbocycles. The molecule has 0 spiro atoms. The fourth-order valence-corrected chi connectivity index (χ4v) is 10.9. The lowest BCUT2D eigenvalue weighted by Crippen LogP contribution is -2.57. The molecule has 0 radical (unpaired) electrons. The molecule has 0 saturated carbocycles. The average molecular weight is 1130 g/mol. The highest BCUT2D eigenvalue weighted by molar-refractivity contribution is 5.98. The number of hydrogen-bond acceptors (Lipinski definition) is 11. The summed E-state index contributed by atoms with van der Waals surface area (Å²) in [7, 11) is 1.49. The zero-order chi connectivity index (χ0) is 60.0. The molecule has 6 amide bonds. The Morgan fingerprint density at radius 2 is 1.14 bits per heavy atom. The van der Waals surface area contributed by atoms with Crippen molar-refractivity contribution in [3.8, 4) is 11.5 Å². The predicted octanol–water partition coefficient (Wildman–Crippen LogP) is 6.20. The summed E-state index contributed by atoms with van der Waals surface area (Å²) in [6.07, 6.45) is -1.47. The van der Waals surface area contributed by atoms with Crippen LogP contribution in [0.5, 0.6) is 11.5 Å². The van der Waals surface area contributed by atoms with Crippen LogP contribution < -0.4 is 21.3 Å². The maximum absolute atomic E-state index is 14.2. The molecule has 8 rings (SSSR count). The molecule has 2 saturated heterocycles. The maximum atomic E-state index is 14.2. The van der Waals surface area contributed by atoms with Crippen LogP contribution in [0.1, 0.15) is 80.3 Å². The Morgan fingerprint density at radius 1 is 0.663 bits per heavy atom. The Morgan fingerprint density at radius 3 is 1.64 bits per heavy atom. The summed E-state index contributed by atoms with van der Waals surface area (Å²) in [5.74, 6) is -4.13. The van der Waals surface area contributed by atoms with E-state index < -0.39 is 83.2 Å². The highest BCUT2D eigenvalue weighted by atomic mass is 19.1. The molecule has 2 aliphatic rings. The van der Waals surface area contributed by atoms with E-state index in [1.165, 1.54) is 41.2 Å². The standard InChI is InChI=1S/C33H38FN3O6.C32H35N3O5/c1-20-23(14-10-16-26(20)38)30(40)36-25(17-21-11-6-5-7-12-21)28(39)32(42)37-19-27(43-4)33(2,3)29(37)31(41)35-18-22-13-8-9-15-24(22)34;1-3-18-33-31(39)28-25(23-13-8-5-9-14-23)17-19-35(28)32(40)29(37)26(20-22-11-6-4-7-12-22)34-30(38)24-15-10-16-27(36)21(24)2/h5-16,25,27-29,38-39H,17-19H2,1-4H3,(H,35,41)(H,36,40);3-16,25-26,28-29,36-37H,1,17-20H2,2H3,(H,33,39)(H,34,38)/t25-,27+,28-,29+;25-,26+,28+,29+/m01/s1. The van der Waals surface area contributed by atoms with Gasteiger partial charge in [-0.3, -0.25) is 28.8 Å². The molecular formula is C65H73FN6O11. The zero-order valence-electron chi connectivity index (χ0n) is 47.2. The third-order valence-electron chi connectivity index (χ3n) is 15.6. The molecule has 2 fully saturated rings. The fraction of sp³-hybridized carbons (Fsp3) is 0.323. The van der Waals surface area contributed by atoms with E-state index in [1.807, 2.05) is 91.0 Å². The van der Waals surface area contributed by atoms with Crippen molar-refractivity contribution in [2.75, 3.05) is 26.7 Å². The van der Waals surface area contributed by atoms with Crippen LogP contribution in [0.2, 0.25) is 0 Å². The number of methoxy groups -OCH3 is 1. The van der Waals surface area contributed by atoms with Gasteiger partial charge in [0.1, 0.15) is 29.4 Å². The Kier molecular flexibility index (Phi) is 21.1. The lowest BCUT2D eigenvalue weighted by atomic mass is 9.81. The van der Waals surface area contributed by atoms with Crippen LogP contribution in [-0.2, 0) is 43.3 Å². The molecule has 2 heterocycles. The van der Waals surface area contributed by atoms with Crippen LogP contribution >= 0.6 is 0 Å². The van der Waals surface area contributed by atoms with Crippen molar-refractivity contribution in [3.05, 3.63) is 215 Å². The number of nitrogens with one attached hydrogen (secondary N) is 4. The van der Waals surface area contributed by atoms with Crippen LogP contribution in [0, 0.1) is 25.1 Å². The molecule has 0 bridgehead atoms. The molecule has 0 unspecified atom stereocenters. The maximum Gasteiger partial charge on any atom is 0.254 e. The zero-order valence-corrected chi connectivity index (χ0v) is 47.2. The first-order valence-corrected chi connectivity index (χ1v) is 27.5. The first-order chi connectivity index (χ1) is 39.8. The highest BCUT2D eigenvalue weighted by Gasteiger charge is 2.55. The number of phenolic OH excluding ortho intramolecular Hbond substituents is 2. The van der Waals surface area contributed by atoms with Crippen LogP contribution in [0.4, 0.5) is 4.39 Å². The van der Waals surface area contributed by atoms with Gasteiger partial charge in [-0.15, -0.1) is 6.58 Å². The number of benzene rings is 6. The number of amides is 6. The van der Waals surface area contributed by atoms with Crippen molar-refractivity contribution in [1.82, 2.24) is 31.1 Å². The van der Waals surface area contributed by atoms with E-state index in [2.05, 4.69) is 27.8 Å². The second-order valence-electron chi connectivity index (χ2n) is 21.4. The topological polar surface area (TPSA) is 247 Å². The van der Waals surface area contributed by atoms with Gasteiger partial charge in [0.25, 0.3) is 23.6 Å². The van der Waals surface area contributed by atoms with Crippen molar-refractivity contribution in [2.45, 2.75) is 102 Å². The minimum absolute atomic E-state index is 0.0227. The second kappa shape index (κ2) is 28.3. The number of hydrogen-bond donors (Lipinski definition) is 8. The molecular weight excluding hydrogens is 1060 g/mol. The molecule has 83 heavy (non-hydrogen) atoms. The van der Waals surface area contributed by atoms with Crippen molar-refractivity contribution >= 4 is 35.4 Å². The minimum Gasteiger partial charge on any atom is -0.508 e. The van der Waals surface area contributed by atoms with E-state index in [0.717, 1.165) is 16.7 Å². The summed E-state index contributed by atoms with van der Waals surface area (Å²) < 4.78 is 19.9. The Balaban J connectivity index is 0.000000239. The summed E-state index contributed by atoms with van der Waals surface area (Å²) in [6, 6.07) is 39.1. The van der Waals surface area contributed by atoms with Crippen molar-refractivity contribution in [3.63, 3.8) is 0 Å².